The van der Waals surface area contributed by atoms with Crippen LogP contribution >= 0.6 is 0 Å². The number of nitrogens with zero attached hydrogens (tertiary/aromatic N) is 4. The summed E-state index contributed by atoms with van der Waals surface area (Å²) in [6, 6.07) is 6.97. The third-order valence-corrected chi connectivity index (χ3v) is 4.27. The third kappa shape index (κ3) is 2.85. The molecule has 0 radical (unpaired) electrons. The van der Waals surface area contributed by atoms with Gasteiger partial charge >= 0.3 is 0 Å². The van der Waals surface area contributed by atoms with Crippen molar-refractivity contribution >= 4 is 5.91 Å². The van der Waals surface area contributed by atoms with Crippen LogP contribution in [0.15, 0.2) is 39.4 Å². The molecule has 0 N–H and O–H groups in total. The normalized spacial score (nSPS) is 19.9. The van der Waals surface area contributed by atoms with Gasteiger partial charge in [0.25, 0.3) is 11.8 Å². The predicted octanol–water partition coefficient (Wildman–Crippen LogP) is 2.88. The molecule has 0 bridgehead atoms. The zero-order valence-electron chi connectivity index (χ0n) is 13.8. The van der Waals surface area contributed by atoms with Crippen LogP contribution < -0.4 is 0 Å². The second-order valence-corrected chi connectivity index (χ2v) is 6.19. The number of likely N-dealkylation sites (tertiary alicyclic amines) is 1. The maximum atomic E-state index is 15.3. The maximum Gasteiger partial charge on any atom is 0.276 e. The first-order valence-corrected chi connectivity index (χ1v) is 7.96. The fourth-order valence-corrected chi connectivity index (χ4v) is 2.87. The first kappa shape index (κ1) is 16.4. The van der Waals surface area contributed by atoms with Gasteiger partial charge in [0, 0.05) is 24.6 Å². The van der Waals surface area contributed by atoms with E-state index in [9.17, 15) is 9.18 Å². The molecule has 26 heavy (non-hydrogen) atoms. The topological polar surface area (TPSA) is 85.3 Å². The number of hydrogen-bond acceptors (Lipinski definition) is 6. The van der Waals surface area contributed by atoms with Crippen molar-refractivity contribution in [2.75, 3.05) is 13.1 Å². The maximum absolute atomic E-state index is 15.3. The average Bonchev–Trinajstić information content (AvgIpc) is 3.35. The highest BCUT2D eigenvalue weighted by atomic mass is 19.1. The minimum absolute atomic E-state index is 0.0284. The number of aromatic nitrogens is 3. The van der Waals surface area contributed by atoms with Gasteiger partial charge in [-0.15, -0.1) is 0 Å². The molecular formula is C17H14F2N4O3. The van der Waals surface area contributed by atoms with Crippen molar-refractivity contribution in [3.05, 3.63) is 53.5 Å². The zero-order chi connectivity index (χ0) is 18.3. The van der Waals surface area contributed by atoms with E-state index in [-0.39, 0.29) is 36.9 Å². The lowest BCUT2D eigenvalue weighted by molar-refractivity contribution is 0.0707. The third-order valence-electron chi connectivity index (χ3n) is 4.27. The Kier molecular flexibility index (Phi) is 3.78. The zero-order valence-corrected chi connectivity index (χ0v) is 13.8. The van der Waals surface area contributed by atoms with Crippen LogP contribution in [0.4, 0.5) is 8.78 Å². The van der Waals surface area contributed by atoms with Crippen LogP contribution in [0, 0.1) is 12.7 Å². The van der Waals surface area contributed by atoms with Gasteiger partial charge in [-0.1, -0.05) is 10.3 Å². The van der Waals surface area contributed by atoms with Crippen molar-refractivity contribution in [1.29, 1.82) is 0 Å². The number of halogens is 2. The van der Waals surface area contributed by atoms with Crippen molar-refractivity contribution in [2.45, 2.75) is 19.0 Å². The Labute approximate surface area is 146 Å². The van der Waals surface area contributed by atoms with E-state index in [0.717, 1.165) is 0 Å². The molecule has 1 aromatic carbocycles. The number of amides is 1. The van der Waals surface area contributed by atoms with Gasteiger partial charge in [0.15, 0.2) is 5.69 Å². The molecule has 1 saturated heterocycles. The molecule has 7 nitrogen and oxygen atoms in total. The Balaban J connectivity index is 1.53. The van der Waals surface area contributed by atoms with E-state index in [1.54, 1.807) is 6.92 Å². The smallest absolute Gasteiger partial charge is 0.276 e. The van der Waals surface area contributed by atoms with Gasteiger partial charge in [0.05, 0.1) is 6.54 Å². The van der Waals surface area contributed by atoms with Crippen LogP contribution in [0.1, 0.15) is 28.6 Å². The molecule has 3 aromatic rings. The summed E-state index contributed by atoms with van der Waals surface area (Å²) in [5, 5.41) is 7.42. The van der Waals surface area contributed by atoms with Crippen molar-refractivity contribution in [2.24, 2.45) is 0 Å². The average molecular weight is 360 g/mol. The van der Waals surface area contributed by atoms with Crippen molar-refractivity contribution in [1.82, 2.24) is 20.2 Å². The molecule has 2 aromatic heterocycles. The molecule has 4 rings (SSSR count). The summed E-state index contributed by atoms with van der Waals surface area (Å²) in [7, 11) is 0. The standard InChI is InChI=1S/C17H14F2N4O3/c1-10-8-13(21-25-10)15(24)23-7-6-17(19,9-23)16-20-14(22-26-16)11-2-4-12(18)5-3-11/h2-5,8H,6-7,9H2,1H3. The highest BCUT2D eigenvalue weighted by Gasteiger charge is 2.47. The minimum Gasteiger partial charge on any atom is -0.361 e. The van der Waals surface area contributed by atoms with Crippen LogP contribution in [0.5, 0.6) is 0 Å². The number of benzene rings is 1. The van der Waals surface area contributed by atoms with Crippen molar-refractivity contribution in [3.63, 3.8) is 0 Å². The Bertz CT molecular complexity index is 953. The molecule has 1 fully saturated rings. The first-order chi connectivity index (χ1) is 12.4. The molecule has 134 valence electrons. The molecule has 1 amide bonds. The van der Waals surface area contributed by atoms with Crippen LogP contribution in [0.3, 0.4) is 0 Å². The Morgan fingerprint density at radius 2 is 2.00 bits per heavy atom. The van der Waals surface area contributed by atoms with Gasteiger partial charge in [0.2, 0.25) is 11.5 Å². The number of hydrogen-bond donors (Lipinski definition) is 0. The van der Waals surface area contributed by atoms with Gasteiger partial charge in [-0.2, -0.15) is 4.98 Å². The first-order valence-electron chi connectivity index (χ1n) is 7.96. The monoisotopic (exact) mass is 360 g/mol. The fourth-order valence-electron chi connectivity index (χ4n) is 2.87. The lowest BCUT2D eigenvalue weighted by Crippen LogP contribution is -2.32. The predicted molar refractivity (Wildman–Crippen MR) is 84.2 cm³/mol. The summed E-state index contributed by atoms with van der Waals surface area (Å²) >= 11 is 0. The highest BCUT2D eigenvalue weighted by Crippen LogP contribution is 2.36. The van der Waals surface area contributed by atoms with Gasteiger partial charge in [0.1, 0.15) is 11.6 Å². The Hall–Kier alpha value is -3.10. The van der Waals surface area contributed by atoms with E-state index in [2.05, 4.69) is 15.3 Å². The van der Waals surface area contributed by atoms with E-state index in [1.165, 1.54) is 35.2 Å². The highest BCUT2D eigenvalue weighted by molar-refractivity contribution is 5.92. The summed E-state index contributed by atoms with van der Waals surface area (Å²) in [6.07, 6.45) is 0.0284. The SMILES string of the molecule is Cc1cc(C(=O)N2CCC(F)(c3nc(-c4ccc(F)cc4)no3)C2)no1. The number of carbonyl (C=O) groups is 1. The molecule has 1 aliphatic heterocycles. The van der Waals surface area contributed by atoms with Crippen LogP contribution in [-0.2, 0) is 5.67 Å². The second kappa shape index (κ2) is 6.01. The van der Waals surface area contributed by atoms with E-state index in [0.29, 0.717) is 11.3 Å². The minimum atomic E-state index is -1.94. The summed E-state index contributed by atoms with van der Waals surface area (Å²) < 4.78 is 38.2. The van der Waals surface area contributed by atoms with Gasteiger partial charge in [-0.25, -0.2) is 8.78 Å². The lowest BCUT2D eigenvalue weighted by Gasteiger charge is -2.16. The number of carbonyl (C=O) groups excluding carboxylic acids is 1. The quantitative estimate of drug-likeness (QED) is 0.714. The molecule has 3 heterocycles. The molecule has 1 aliphatic rings. The van der Waals surface area contributed by atoms with Gasteiger partial charge in [-0.3, -0.25) is 4.79 Å². The summed E-state index contributed by atoms with van der Waals surface area (Å²) in [5.41, 5.74) is -1.31. The number of aryl methyl sites for hydroxylation is 1. The molecule has 1 atom stereocenters. The fraction of sp³-hybridized carbons (Fsp3) is 0.294. The molecular weight excluding hydrogens is 346 g/mol. The molecule has 9 heteroatoms. The van der Waals surface area contributed by atoms with Crippen LogP contribution in [-0.4, -0.2) is 39.2 Å². The molecule has 0 spiro atoms. The van der Waals surface area contributed by atoms with E-state index < -0.39 is 17.4 Å². The lowest BCUT2D eigenvalue weighted by atomic mass is 10.1. The largest absolute Gasteiger partial charge is 0.361 e. The van der Waals surface area contributed by atoms with Gasteiger partial charge < -0.3 is 13.9 Å². The Morgan fingerprint density at radius 1 is 1.23 bits per heavy atom. The summed E-state index contributed by atoms with van der Waals surface area (Å²) in [4.78, 5) is 17.8. The van der Waals surface area contributed by atoms with Crippen LogP contribution in [0.25, 0.3) is 11.4 Å². The van der Waals surface area contributed by atoms with Gasteiger partial charge in [-0.05, 0) is 31.2 Å². The Morgan fingerprint density at radius 3 is 2.69 bits per heavy atom. The van der Waals surface area contributed by atoms with E-state index in [4.69, 9.17) is 9.05 Å². The summed E-state index contributed by atoms with van der Waals surface area (Å²) in [6.45, 7) is 1.64. The number of alkyl halides is 1. The molecule has 0 aliphatic carbocycles. The van der Waals surface area contributed by atoms with Crippen LogP contribution in [0.2, 0.25) is 0 Å². The number of rotatable bonds is 3. The molecule has 1 unspecified atom stereocenters. The van der Waals surface area contributed by atoms with Crippen molar-refractivity contribution < 1.29 is 22.6 Å². The molecule has 0 saturated carbocycles. The van der Waals surface area contributed by atoms with E-state index in [1.807, 2.05) is 0 Å². The van der Waals surface area contributed by atoms with Crippen molar-refractivity contribution in [3.8, 4) is 11.4 Å². The van der Waals surface area contributed by atoms with E-state index >= 15 is 4.39 Å². The second-order valence-electron chi connectivity index (χ2n) is 6.19. The summed E-state index contributed by atoms with van der Waals surface area (Å²) in [5.74, 6) is -0.357.